The van der Waals surface area contributed by atoms with Gasteiger partial charge in [0.05, 0.1) is 24.4 Å². The van der Waals surface area contributed by atoms with Crippen molar-refractivity contribution in [2.24, 2.45) is 0 Å². The maximum atomic E-state index is 12.7. The first kappa shape index (κ1) is 20.4. The van der Waals surface area contributed by atoms with Crippen LogP contribution in [0.5, 0.6) is 0 Å². The van der Waals surface area contributed by atoms with E-state index in [-0.39, 0.29) is 5.91 Å². The number of rotatable bonds is 4. The van der Waals surface area contributed by atoms with Gasteiger partial charge in [-0.1, -0.05) is 29.8 Å². The van der Waals surface area contributed by atoms with Gasteiger partial charge < -0.3 is 9.64 Å². The predicted octanol–water partition coefficient (Wildman–Crippen LogP) is 4.62. The maximum absolute atomic E-state index is 12.7. The number of carbonyl (C=O) groups is 1. The smallest absolute Gasteiger partial charge is 0.253 e. The molecule has 0 bridgehead atoms. The second kappa shape index (κ2) is 8.95. The summed E-state index contributed by atoms with van der Waals surface area (Å²) in [4.78, 5) is 21.9. The lowest BCUT2D eigenvalue weighted by Crippen LogP contribution is -2.35. The summed E-state index contributed by atoms with van der Waals surface area (Å²) in [6.45, 7) is 5.97. The number of ether oxygens (including phenoxy) is 1. The van der Waals surface area contributed by atoms with Gasteiger partial charge in [-0.25, -0.2) is 4.98 Å². The summed E-state index contributed by atoms with van der Waals surface area (Å²) in [5.74, 6) is 0.121. The van der Waals surface area contributed by atoms with Crippen LogP contribution >= 0.6 is 11.6 Å². The average molecular weight is 436 g/mol. The summed E-state index contributed by atoms with van der Waals surface area (Å²) in [6, 6.07) is 15.9. The molecule has 0 atom stereocenters. The molecule has 2 fully saturated rings. The highest BCUT2D eigenvalue weighted by atomic mass is 35.5. The van der Waals surface area contributed by atoms with Gasteiger partial charge in [0.25, 0.3) is 5.91 Å². The van der Waals surface area contributed by atoms with Crippen LogP contribution in [0.2, 0.25) is 5.02 Å². The zero-order chi connectivity index (χ0) is 21.2. The Labute approximate surface area is 187 Å². The minimum atomic E-state index is 0.121. The van der Waals surface area contributed by atoms with E-state index in [9.17, 15) is 4.79 Å². The number of likely N-dealkylation sites (tertiary alicyclic amines) is 1. The minimum absolute atomic E-state index is 0.121. The standard InChI is InChI=1S/C25H26ClN3O2/c26-21-7-8-22-20(17-28-11-13-31-14-12-28)15-23(27-24(22)16-21)18-3-5-19(6-4-18)25(30)29-9-1-2-10-29/h3-8,15-16H,1-2,9-14,17H2. The Hall–Kier alpha value is -2.47. The Kier molecular flexibility index (Phi) is 5.90. The van der Waals surface area contributed by atoms with Crippen molar-refractivity contribution in [3.8, 4) is 11.3 Å². The van der Waals surface area contributed by atoms with Gasteiger partial charge in [-0.3, -0.25) is 9.69 Å². The summed E-state index contributed by atoms with van der Waals surface area (Å²) in [5, 5.41) is 1.81. The summed E-state index contributed by atoms with van der Waals surface area (Å²) < 4.78 is 5.50. The molecule has 160 valence electrons. The molecule has 5 nitrogen and oxygen atoms in total. The van der Waals surface area contributed by atoms with Crippen molar-refractivity contribution in [1.82, 2.24) is 14.8 Å². The Morgan fingerprint density at radius 1 is 0.968 bits per heavy atom. The van der Waals surface area contributed by atoms with Crippen LogP contribution in [-0.2, 0) is 11.3 Å². The molecule has 0 spiro atoms. The molecule has 1 amide bonds. The van der Waals surface area contributed by atoms with Crippen molar-refractivity contribution in [3.63, 3.8) is 0 Å². The molecule has 2 aliphatic heterocycles. The summed E-state index contributed by atoms with van der Waals surface area (Å²) in [5.41, 5.74) is 4.77. The van der Waals surface area contributed by atoms with E-state index in [0.29, 0.717) is 5.02 Å². The largest absolute Gasteiger partial charge is 0.379 e. The number of fused-ring (bicyclic) bond motifs is 1. The van der Waals surface area contributed by atoms with Gasteiger partial charge in [-0.15, -0.1) is 0 Å². The van der Waals surface area contributed by atoms with Gasteiger partial charge in [-0.2, -0.15) is 0 Å². The van der Waals surface area contributed by atoms with E-state index in [2.05, 4.69) is 17.0 Å². The second-order valence-electron chi connectivity index (χ2n) is 8.29. The molecule has 0 N–H and O–H groups in total. The number of aromatic nitrogens is 1. The SMILES string of the molecule is O=C(c1ccc(-c2cc(CN3CCOCC3)c3ccc(Cl)cc3n2)cc1)N1CCCC1. The van der Waals surface area contributed by atoms with Crippen molar-refractivity contribution in [2.45, 2.75) is 19.4 Å². The number of nitrogens with zero attached hydrogens (tertiary/aromatic N) is 3. The molecule has 0 unspecified atom stereocenters. The van der Waals surface area contributed by atoms with Gasteiger partial charge >= 0.3 is 0 Å². The van der Waals surface area contributed by atoms with E-state index >= 15 is 0 Å². The van der Waals surface area contributed by atoms with Crippen LogP contribution in [0.25, 0.3) is 22.2 Å². The Morgan fingerprint density at radius 2 is 1.71 bits per heavy atom. The van der Waals surface area contributed by atoms with Crippen LogP contribution in [0.4, 0.5) is 0 Å². The number of hydrogen-bond acceptors (Lipinski definition) is 4. The molecule has 0 aliphatic carbocycles. The van der Waals surface area contributed by atoms with Crippen LogP contribution in [0.3, 0.4) is 0 Å². The number of amides is 1. The molecule has 3 aromatic rings. The Balaban J connectivity index is 1.47. The van der Waals surface area contributed by atoms with Crippen LogP contribution in [0.1, 0.15) is 28.8 Å². The molecular formula is C25H26ClN3O2. The van der Waals surface area contributed by atoms with Crippen molar-refractivity contribution >= 4 is 28.4 Å². The molecule has 2 aromatic carbocycles. The number of halogens is 1. The minimum Gasteiger partial charge on any atom is -0.379 e. The molecule has 5 rings (SSSR count). The lowest BCUT2D eigenvalue weighted by Gasteiger charge is -2.27. The highest BCUT2D eigenvalue weighted by molar-refractivity contribution is 6.31. The third kappa shape index (κ3) is 4.45. The lowest BCUT2D eigenvalue weighted by molar-refractivity contribution is 0.0343. The molecule has 6 heteroatoms. The number of hydrogen-bond donors (Lipinski definition) is 0. The molecule has 0 saturated carbocycles. The molecule has 0 radical (unpaired) electrons. The fourth-order valence-corrected chi connectivity index (χ4v) is 4.61. The molecule has 2 saturated heterocycles. The lowest BCUT2D eigenvalue weighted by atomic mass is 10.0. The Bertz CT molecular complexity index is 1090. The maximum Gasteiger partial charge on any atom is 0.253 e. The van der Waals surface area contributed by atoms with Crippen molar-refractivity contribution in [1.29, 1.82) is 0 Å². The van der Waals surface area contributed by atoms with Crippen molar-refractivity contribution in [3.05, 3.63) is 64.7 Å². The van der Waals surface area contributed by atoms with E-state index in [4.69, 9.17) is 21.3 Å². The van der Waals surface area contributed by atoms with E-state index in [1.807, 2.05) is 41.3 Å². The van der Waals surface area contributed by atoms with E-state index in [0.717, 1.165) is 86.5 Å². The highest BCUT2D eigenvalue weighted by Crippen LogP contribution is 2.28. The molecule has 2 aliphatic rings. The zero-order valence-corrected chi connectivity index (χ0v) is 18.3. The van der Waals surface area contributed by atoms with E-state index < -0.39 is 0 Å². The van der Waals surface area contributed by atoms with Crippen LogP contribution in [0.15, 0.2) is 48.5 Å². The number of benzene rings is 2. The number of carbonyl (C=O) groups excluding carboxylic acids is 1. The third-order valence-corrected chi connectivity index (χ3v) is 6.41. The molecule has 1 aromatic heterocycles. The zero-order valence-electron chi connectivity index (χ0n) is 17.5. The topological polar surface area (TPSA) is 45.7 Å². The monoisotopic (exact) mass is 435 g/mol. The van der Waals surface area contributed by atoms with Gasteiger partial charge in [0.2, 0.25) is 0 Å². The second-order valence-corrected chi connectivity index (χ2v) is 8.73. The van der Waals surface area contributed by atoms with Gasteiger partial charge in [0.1, 0.15) is 0 Å². The Morgan fingerprint density at radius 3 is 2.45 bits per heavy atom. The molecule has 3 heterocycles. The highest BCUT2D eigenvalue weighted by Gasteiger charge is 2.20. The first-order valence-electron chi connectivity index (χ1n) is 11.0. The first-order chi connectivity index (χ1) is 15.2. The van der Waals surface area contributed by atoms with Crippen LogP contribution in [0, 0.1) is 0 Å². The summed E-state index contributed by atoms with van der Waals surface area (Å²) in [7, 11) is 0. The van der Waals surface area contributed by atoms with E-state index in [1.54, 1.807) is 0 Å². The number of morpholine rings is 1. The fraction of sp³-hybridized carbons (Fsp3) is 0.360. The summed E-state index contributed by atoms with van der Waals surface area (Å²) in [6.07, 6.45) is 2.19. The van der Waals surface area contributed by atoms with Crippen LogP contribution < -0.4 is 0 Å². The van der Waals surface area contributed by atoms with Crippen LogP contribution in [-0.4, -0.2) is 60.1 Å². The normalized spacial score (nSPS) is 17.4. The number of pyridine rings is 1. The third-order valence-electron chi connectivity index (χ3n) is 6.18. The van der Waals surface area contributed by atoms with E-state index in [1.165, 1.54) is 5.56 Å². The van der Waals surface area contributed by atoms with Crippen molar-refractivity contribution in [2.75, 3.05) is 39.4 Å². The predicted molar refractivity (Wildman–Crippen MR) is 123 cm³/mol. The summed E-state index contributed by atoms with van der Waals surface area (Å²) >= 11 is 6.27. The quantitative estimate of drug-likeness (QED) is 0.599. The van der Waals surface area contributed by atoms with Crippen molar-refractivity contribution < 1.29 is 9.53 Å². The molecular weight excluding hydrogens is 410 g/mol. The van der Waals surface area contributed by atoms with Gasteiger partial charge in [-0.05, 0) is 48.7 Å². The average Bonchev–Trinajstić information content (AvgIpc) is 3.34. The fourth-order valence-electron chi connectivity index (χ4n) is 4.44. The first-order valence-corrected chi connectivity index (χ1v) is 11.3. The van der Waals surface area contributed by atoms with Gasteiger partial charge in [0.15, 0.2) is 0 Å². The molecule has 31 heavy (non-hydrogen) atoms. The van der Waals surface area contributed by atoms with Gasteiger partial charge in [0, 0.05) is 54.3 Å².